The Hall–Kier alpha value is -1.64. The molecule has 0 saturated heterocycles. The van der Waals surface area contributed by atoms with Crippen LogP contribution in [0, 0.1) is 5.82 Å². The van der Waals surface area contributed by atoms with Crippen molar-refractivity contribution >= 4 is 49.2 Å². The molecule has 0 N–H and O–H groups in total. The highest BCUT2D eigenvalue weighted by Crippen LogP contribution is 2.32. The summed E-state index contributed by atoms with van der Waals surface area (Å²) in [6.07, 6.45) is 0. The lowest BCUT2D eigenvalue weighted by molar-refractivity contribution is -0.141. The third-order valence-electron chi connectivity index (χ3n) is 3.16. The summed E-state index contributed by atoms with van der Waals surface area (Å²) in [5.41, 5.74) is 0.113. The lowest BCUT2D eigenvalue weighted by atomic mass is 10.3. The fourth-order valence-electron chi connectivity index (χ4n) is 2.04. The molecule has 0 spiro atoms. The van der Waals surface area contributed by atoms with Crippen LogP contribution in [-0.4, -0.2) is 27.5 Å². The molecule has 0 unspecified atom stereocenters. The molecule has 2 aromatic rings. The van der Waals surface area contributed by atoms with Gasteiger partial charge in [-0.25, -0.2) is 12.8 Å². The Bertz CT molecular complexity index is 874. The molecule has 0 aliphatic heterocycles. The van der Waals surface area contributed by atoms with E-state index in [1.807, 2.05) is 0 Å². The van der Waals surface area contributed by atoms with Crippen LogP contribution in [0.4, 0.5) is 10.1 Å². The first kappa shape index (κ1) is 19.7. The monoisotopic (exact) mass is 449 g/mol. The molecule has 0 amide bonds. The van der Waals surface area contributed by atoms with Crippen LogP contribution in [0.1, 0.15) is 6.92 Å². The van der Waals surface area contributed by atoms with Gasteiger partial charge < -0.3 is 4.74 Å². The topological polar surface area (TPSA) is 63.7 Å². The van der Waals surface area contributed by atoms with Crippen LogP contribution in [0.3, 0.4) is 0 Å². The smallest absolute Gasteiger partial charge is 0.326 e. The van der Waals surface area contributed by atoms with E-state index in [0.717, 1.165) is 28.6 Å². The zero-order chi connectivity index (χ0) is 18.6. The average Bonchev–Trinajstić information content (AvgIpc) is 2.54. The summed E-state index contributed by atoms with van der Waals surface area (Å²) >= 11 is 9.39. The molecule has 0 fully saturated rings. The first-order valence-corrected chi connectivity index (χ1v) is 9.75. The summed E-state index contributed by atoms with van der Waals surface area (Å²) < 4.78 is 45.3. The number of halogens is 3. The summed E-state index contributed by atoms with van der Waals surface area (Å²) in [5, 5.41) is 0.129. The van der Waals surface area contributed by atoms with E-state index in [-0.39, 0.29) is 22.2 Å². The molecule has 0 heterocycles. The van der Waals surface area contributed by atoms with Crippen LogP contribution < -0.4 is 4.31 Å². The van der Waals surface area contributed by atoms with Crippen molar-refractivity contribution in [3.8, 4) is 0 Å². The van der Waals surface area contributed by atoms with Gasteiger partial charge in [0.05, 0.1) is 22.2 Å². The number of carbonyl (C=O) groups excluding carboxylic acids is 1. The second-order valence-electron chi connectivity index (χ2n) is 4.87. The maximum absolute atomic E-state index is 13.1. The summed E-state index contributed by atoms with van der Waals surface area (Å²) in [5.74, 6) is -1.30. The number of nitrogens with zero attached hydrogens (tertiary/aromatic N) is 1. The summed E-state index contributed by atoms with van der Waals surface area (Å²) in [6.45, 7) is 1.16. The molecule has 0 aliphatic rings. The molecule has 0 bridgehead atoms. The Morgan fingerprint density at radius 3 is 2.44 bits per heavy atom. The number of carbonyl (C=O) groups is 1. The molecule has 0 aliphatic carbocycles. The number of hydrogen-bond acceptors (Lipinski definition) is 4. The quantitative estimate of drug-likeness (QED) is 0.624. The second-order valence-corrected chi connectivity index (χ2v) is 8.05. The van der Waals surface area contributed by atoms with Gasteiger partial charge in [-0.1, -0.05) is 27.5 Å². The second kappa shape index (κ2) is 8.16. The molecule has 0 saturated carbocycles. The lowest BCUT2D eigenvalue weighted by Crippen LogP contribution is -2.36. The van der Waals surface area contributed by atoms with Gasteiger partial charge in [-0.05, 0) is 49.4 Å². The fraction of sp³-hybridized carbons (Fsp3) is 0.188. The molecular formula is C16H14BrClFNO4S. The van der Waals surface area contributed by atoms with E-state index in [1.165, 1.54) is 12.1 Å². The van der Waals surface area contributed by atoms with Crippen LogP contribution in [0.25, 0.3) is 0 Å². The first-order valence-electron chi connectivity index (χ1n) is 7.14. The number of hydrogen-bond donors (Lipinski definition) is 0. The van der Waals surface area contributed by atoms with Crippen molar-refractivity contribution in [3.63, 3.8) is 0 Å². The Labute approximate surface area is 158 Å². The minimum atomic E-state index is -4.15. The zero-order valence-corrected chi connectivity index (χ0v) is 16.2. The number of benzene rings is 2. The zero-order valence-electron chi connectivity index (χ0n) is 13.1. The van der Waals surface area contributed by atoms with Gasteiger partial charge in [0.15, 0.2) is 0 Å². The molecule has 0 radical (unpaired) electrons. The van der Waals surface area contributed by atoms with E-state index in [4.69, 9.17) is 16.3 Å². The molecule has 134 valence electrons. The van der Waals surface area contributed by atoms with Crippen LogP contribution in [-0.2, 0) is 19.6 Å². The van der Waals surface area contributed by atoms with Crippen LogP contribution in [0.15, 0.2) is 51.8 Å². The predicted octanol–water partition coefficient (Wildman–Crippen LogP) is 4.00. The highest BCUT2D eigenvalue weighted by atomic mass is 79.9. The van der Waals surface area contributed by atoms with Gasteiger partial charge in [0.2, 0.25) is 0 Å². The molecule has 25 heavy (non-hydrogen) atoms. The van der Waals surface area contributed by atoms with Gasteiger partial charge in [0, 0.05) is 4.47 Å². The molecule has 0 aromatic heterocycles. The summed E-state index contributed by atoms with van der Waals surface area (Å²) in [7, 11) is -4.15. The summed E-state index contributed by atoms with van der Waals surface area (Å²) in [4.78, 5) is 11.7. The Balaban J connectivity index is 2.53. The standard InChI is InChI=1S/C16H14BrClFNO4S/c1-2-24-16(21)10-20(15-8-3-11(17)9-14(15)18)25(22,23)13-6-4-12(19)5-7-13/h3-9H,2,10H2,1H3. The van der Waals surface area contributed by atoms with Gasteiger partial charge >= 0.3 is 5.97 Å². The van der Waals surface area contributed by atoms with Crippen molar-refractivity contribution in [2.45, 2.75) is 11.8 Å². The van der Waals surface area contributed by atoms with Gasteiger partial charge in [-0.3, -0.25) is 9.10 Å². The van der Waals surface area contributed by atoms with Gasteiger partial charge in [0.1, 0.15) is 12.4 Å². The van der Waals surface area contributed by atoms with Crippen LogP contribution in [0.5, 0.6) is 0 Å². The van der Waals surface area contributed by atoms with Gasteiger partial charge in [-0.15, -0.1) is 0 Å². The van der Waals surface area contributed by atoms with E-state index in [0.29, 0.717) is 4.47 Å². The van der Waals surface area contributed by atoms with Crippen molar-refractivity contribution in [1.29, 1.82) is 0 Å². The van der Waals surface area contributed by atoms with Gasteiger partial charge in [0.25, 0.3) is 10.0 Å². The van der Waals surface area contributed by atoms with E-state index in [9.17, 15) is 17.6 Å². The highest BCUT2D eigenvalue weighted by Gasteiger charge is 2.29. The Kier molecular flexibility index (Phi) is 6.42. The van der Waals surface area contributed by atoms with E-state index in [1.54, 1.807) is 13.0 Å². The third kappa shape index (κ3) is 4.71. The number of anilines is 1. The molecule has 2 aromatic carbocycles. The molecule has 0 atom stereocenters. The number of rotatable bonds is 6. The Morgan fingerprint density at radius 1 is 1.24 bits per heavy atom. The van der Waals surface area contributed by atoms with Gasteiger partial charge in [-0.2, -0.15) is 0 Å². The van der Waals surface area contributed by atoms with Crippen LogP contribution in [0.2, 0.25) is 5.02 Å². The average molecular weight is 451 g/mol. The van der Waals surface area contributed by atoms with E-state index < -0.39 is 28.4 Å². The van der Waals surface area contributed by atoms with E-state index >= 15 is 0 Å². The molecule has 9 heteroatoms. The van der Waals surface area contributed by atoms with Crippen molar-refractivity contribution in [2.24, 2.45) is 0 Å². The van der Waals surface area contributed by atoms with Crippen molar-refractivity contribution in [3.05, 3.63) is 57.8 Å². The third-order valence-corrected chi connectivity index (χ3v) is 5.73. The number of esters is 1. The molecule has 5 nitrogen and oxygen atoms in total. The van der Waals surface area contributed by atoms with E-state index in [2.05, 4.69) is 15.9 Å². The minimum absolute atomic E-state index is 0.108. The minimum Gasteiger partial charge on any atom is -0.465 e. The first-order chi connectivity index (χ1) is 11.8. The SMILES string of the molecule is CCOC(=O)CN(c1ccc(Br)cc1Cl)S(=O)(=O)c1ccc(F)cc1. The highest BCUT2D eigenvalue weighted by molar-refractivity contribution is 9.10. The normalized spacial score (nSPS) is 11.2. The maximum atomic E-state index is 13.1. The Morgan fingerprint density at radius 2 is 1.88 bits per heavy atom. The summed E-state index contributed by atoms with van der Waals surface area (Å²) in [6, 6.07) is 8.86. The number of ether oxygens (including phenoxy) is 1. The van der Waals surface area contributed by atoms with Crippen molar-refractivity contribution < 1.29 is 22.3 Å². The number of sulfonamides is 1. The predicted molar refractivity (Wildman–Crippen MR) is 96.7 cm³/mol. The largest absolute Gasteiger partial charge is 0.465 e. The lowest BCUT2D eigenvalue weighted by Gasteiger charge is -2.24. The van der Waals surface area contributed by atoms with Crippen molar-refractivity contribution in [2.75, 3.05) is 17.5 Å². The maximum Gasteiger partial charge on any atom is 0.326 e. The fourth-order valence-corrected chi connectivity index (χ4v) is 4.29. The van der Waals surface area contributed by atoms with Crippen molar-refractivity contribution in [1.82, 2.24) is 0 Å². The molecule has 2 rings (SSSR count). The van der Waals surface area contributed by atoms with Crippen LogP contribution >= 0.6 is 27.5 Å². The molecular weight excluding hydrogens is 437 g/mol.